The van der Waals surface area contributed by atoms with E-state index < -0.39 is 0 Å². The molecule has 0 radical (unpaired) electrons. The number of benzene rings is 1. The number of ether oxygens (including phenoxy) is 2. The molecule has 1 aliphatic heterocycles. The number of aryl methyl sites for hydroxylation is 1. The van der Waals surface area contributed by atoms with Gasteiger partial charge < -0.3 is 9.47 Å². The van der Waals surface area contributed by atoms with Crippen LogP contribution in [0.3, 0.4) is 0 Å². The van der Waals surface area contributed by atoms with Crippen molar-refractivity contribution in [2.45, 2.75) is 37.2 Å². The maximum Gasteiger partial charge on any atom is 0.140 e. The van der Waals surface area contributed by atoms with Gasteiger partial charge in [-0.1, -0.05) is 6.07 Å². The maximum absolute atomic E-state index is 5.94. The van der Waals surface area contributed by atoms with Crippen molar-refractivity contribution in [3.63, 3.8) is 0 Å². The second-order valence-corrected chi connectivity index (χ2v) is 4.91. The zero-order valence-corrected chi connectivity index (χ0v) is 10.2. The Morgan fingerprint density at radius 2 is 2.13 bits per heavy atom. The number of rotatable bonds is 1. The van der Waals surface area contributed by atoms with Crippen LogP contribution in [0.5, 0.6) is 11.5 Å². The summed E-state index contributed by atoms with van der Waals surface area (Å²) in [5.41, 5.74) is 1.12. The van der Waals surface area contributed by atoms with Crippen molar-refractivity contribution in [3.8, 4) is 11.5 Å². The van der Waals surface area contributed by atoms with Crippen molar-refractivity contribution < 1.29 is 9.47 Å². The number of fused-ring (bicyclic) bond motifs is 1. The molecule has 0 saturated carbocycles. The van der Waals surface area contributed by atoms with Crippen LogP contribution >= 0.6 is 12.6 Å². The Labute approximate surface area is 96.0 Å². The van der Waals surface area contributed by atoms with Crippen molar-refractivity contribution in [3.05, 3.63) is 17.7 Å². The zero-order valence-electron chi connectivity index (χ0n) is 9.33. The van der Waals surface area contributed by atoms with Crippen LogP contribution in [0.25, 0.3) is 0 Å². The average molecular weight is 224 g/mol. The molecule has 0 N–H and O–H groups in total. The highest BCUT2D eigenvalue weighted by Crippen LogP contribution is 2.41. The Morgan fingerprint density at radius 1 is 1.40 bits per heavy atom. The summed E-state index contributed by atoms with van der Waals surface area (Å²) in [5.74, 6) is 1.66. The Bertz CT molecular complexity index is 385. The van der Waals surface area contributed by atoms with Gasteiger partial charge in [0.15, 0.2) is 0 Å². The molecule has 0 saturated heterocycles. The number of thiol groups is 1. The number of methoxy groups -OCH3 is 1. The molecule has 3 heteroatoms. The molecular weight excluding hydrogens is 208 g/mol. The Balaban J connectivity index is 2.47. The van der Waals surface area contributed by atoms with E-state index in [-0.39, 0.29) is 5.60 Å². The first-order valence-electron chi connectivity index (χ1n) is 5.11. The molecule has 0 fully saturated rings. The van der Waals surface area contributed by atoms with E-state index in [9.17, 15) is 0 Å². The standard InChI is InChI=1S/C12H16O2S/c1-12(2)7-6-8-4-5-9(13-3)11(15)10(8)14-12/h4-5,15H,6-7H2,1-3H3. The van der Waals surface area contributed by atoms with Crippen LogP contribution in [0, 0.1) is 0 Å². The first kappa shape index (κ1) is 10.7. The Morgan fingerprint density at radius 3 is 2.80 bits per heavy atom. The Kier molecular flexibility index (Phi) is 2.59. The van der Waals surface area contributed by atoms with Crippen LogP contribution in [0.4, 0.5) is 0 Å². The van der Waals surface area contributed by atoms with E-state index >= 15 is 0 Å². The highest BCUT2D eigenvalue weighted by atomic mass is 32.1. The molecule has 0 bridgehead atoms. The molecule has 0 aliphatic carbocycles. The third-order valence-corrected chi connectivity index (χ3v) is 3.19. The van der Waals surface area contributed by atoms with E-state index in [2.05, 4.69) is 32.5 Å². The van der Waals surface area contributed by atoms with Crippen LogP contribution in [0.15, 0.2) is 17.0 Å². The fraction of sp³-hybridized carbons (Fsp3) is 0.500. The lowest BCUT2D eigenvalue weighted by molar-refractivity contribution is 0.0802. The van der Waals surface area contributed by atoms with Crippen molar-refractivity contribution in [1.29, 1.82) is 0 Å². The molecule has 1 heterocycles. The highest BCUT2D eigenvalue weighted by molar-refractivity contribution is 7.80. The van der Waals surface area contributed by atoms with Crippen molar-refractivity contribution in [2.75, 3.05) is 7.11 Å². The van der Waals surface area contributed by atoms with Gasteiger partial charge in [0.25, 0.3) is 0 Å². The van der Waals surface area contributed by atoms with E-state index in [0.717, 1.165) is 29.2 Å². The van der Waals surface area contributed by atoms with E-state index in [1.807, 2.05) is 6.07 Å². The largest absolute Gasteiger partial charge is 0.495 e. The summed E-state index contributed by atoms with van der Waals surface area (Å²) in [4.78, 5) is 0.808. The molecule has 1 aliphatic rings. The quantitative estimate of drug-likeness (QED) is 0.739. The van der Waals surface area contributed by atoms with Gasteiger partial charge in [-0.25, -0.2) is 0 Å². The van der Waals surface area contributed by atoms with Gasteiger partial charge in [-0.15, -0.1) is 12.6 Å². The zero-order chi connectivity index (χ0) is 11.1. The summed E-state index contributed by atoms with van der Waals surface area (Å²) in [7, 11) is 1.65. The topological polar surface area (TPSA) is 18.5 Å². The van der Waals surface area contributed by atoms with E-state index in [1.165, 1.54) is 5.56 Å². The molecule has 0 amide bonds. The summed E-state index contributed by atoms with van der Waals surface area (Å²) < 4.78 is 11.2. The molecule has 0 aromatic heterocycles. The first-order chi connectivity index (χ1) is 7.03. The smallest absolute Gasteiger partial charge is 0.140 e. The lowest BCUT2D eigenvalue weighted by atomic mass is 9.94. The van der Waals surface area contributed by atoms with E-state index in [4.69, 9.17) is 9.47 Å². The summed E-state index contributed by atoms with van der Waals surface area (Å²) in [6.07, 6.45) is 2.08. The van der Waals surface area contributed by atoms with Crippen molar-refractivity contribution in [1.82, 2.24) is 0 Å². The van der Waals surface area contributed by atoms with Gasteiger partial charge in [-0.05, 0) is 38.3 Å². The van der Waals surface area contributed by atoms with E-state index in [1.54, 1.807) is 7.11 Å². The van der Waals surface area contributed by atoms with Gasteiger partial charge in [0.05, 0.1) is 12.0 Å². The predicted molar refractivity (Wildman–Crippen MR) is 63.3 cm³/mol. The maximum atomic E-state index is 5.94. The lowest BCUT2D eigenvalue weighted by Crippen LogP contribution is -2.32. The molecule has 82 valence electrons. The SMILES string of the molecule is COc1ccc2c(c1S)OC(C)(C)CC2. The van der Waals surface area contributed by atoms with E-state index in [0.29, 0.717) is 0 Å². The van der Waals surface area contributed by atoms with Gasteiger partial charge in [0.1, 0.15) is 17.1 Å². The molecular formula is C12H16O2S. The number of hydrogen-bond acceptors (Lipinski definition) is 3. The molecule has 0 atom stereocenters. The first-order valence-corrected chi connectivity index (χ1v) is 5.56. The van der Waals surface area contributed by atoms with Crippen LogP contribution in [0.2, 0.25) is 0 Å². The molecule has 2 nitrogen and oxygen atoms in total. The summed E-state index contributed by atoms with van der Waals surface area (Å²) in [6, 6.07) is 4.01. The van der Waals surface area contributed by atoms with Gasteiger partial charge in [-0.2, -0.15) is 0 Å². The lowest BCUT2D eigenvalue weighted by Gasteiger charge is -2.33. The fourth-order valence-electron chi connectivity index (χ4n) is 1.83. The summed E-state index contributed by atoms with van der Waals surface area (Å²) in [5, 5.41) is 0. The molecule has 0 spiro atoms. The van der Waals surface area contributed by atoms with Gasteiger partial charge >= 0.3 is 0 Å². The average Bonchev–Trinajstić information content (AvgIpc) is 2.19. The molecule has 2 rings (SSSR count). The minimum absolute atomic E-state index is 0.100. The Hall–Kier alpha value is -0.830. The number of hydrogen-bond donors (Lipinski definition) is 1. The molecule has 1 aromatic carbocycles. The molecule has 1 aromatic rings. The molecule has 0 unspecified atom stereocenters. The normalized spacial score (nSPS) is 17.9. The third-order valence-electron chi connectivity index (χ3n) is 2.77. The summed E-state index contributed by atoms with van der Waals surface area (Å²) >= 11 is 4.46. The third kappa shape index (κ3) is 1.93. The molecule has 15 heavy (non-hydrogen) atoms. The van der Waals surface area contributed by atoms with Crippen LogP contribution < -0.4 is 9.47 Å². The monoisotopic (exact) mass is 224 g/mol. The van der Waals surface area contributed by atoms with Crippen molar-refractivity contribution in [2.24, 2.45) is 0 Å². The minimum atomic E-state index is -0.100. The predicted octanol–water partition coefficient (Wildman–Crippen LogP) is 3.09. The van der Waals surface area contributed by atoms with Crippen molar-refractivity contribution >= 4 is 12.6 Å². The fourth-order valence-corrected chi connectivity index (χ4v) is 2.19. The second kappa shape index (κ2) is 3.63. The summed E-state index contributed by atoms with van der Waals surface area (Å²) in [6.45, 7) is 4.20. The van der Waals surface area contributed by atoms with Crippen LogP contribution in [-0.2, 0) is 6.42 Å². The van der Waals surface area contributed by atoms with Crippen LogP contribution in [0.1, 0.15) is 25.8 Å². The van der Waals surface area contributed by atoms with Gasteiger partial charge in [0, 0.05) is 0 Å². The minimum Gasteiger partial charge on any atom is -0.495 e. The van der Waals surface area contributed by atoms with Crippen LogP contribution in [-0.4, -0.2) is 12.7 Å². The highest BCUT2D eigenvalue weighted by Gasteiger charge is 2.28. The van der Waals surface area contributed by atoms with Gasteiger partial charge in [-0.3, -0.25) is 0 Å². The van der Waals surface area contributed by atoms with Gasteiger partial charge in [0.2, 0.25) is 0 Å². The second-order valence-electron chi connectivity index (χ2n) is 4.47.